The van der Waals surface area contributed by atoms with Crippen LogP contribution in [0.2, 0.25) is 0 Å². The van der Waals surface area contributed by atoms with Crippen molar-refractivity contribution in [2.45, 2.75) is 64.6 Å². The highest BCUT2D eigenvalue weighted by Gasteiger charge is 2.20. The number of carbonyl (C=O) groups excluding carboxylic acids is 1. The number of hydrogen-bond acceptors (Lipinski definition) is 4. The fourth-order valence-corrected chi connectivity index (χ4v) is 1.98. The van der Waals surface area contributed by atoms with E-state index in [2.05, 4.69) is 17.6 Å². The molecular weight excluding hydrogens is 244 g/mol. The first-order chi connectivity index (χ1) is 8.90. The van der Waals surface area contributed by atoms with Crippen molar-refractivity contribution in [1.82, 2.24) is 10.6 Å². The van der Waals surface area contributed by atoms with Gasteiger partial charge in [0.15, 0.2) is 0 Å². The van der Waals surface area contributed by atoms with Crippen LogP contribution in [0.25, 0.3) is 0 Å². The Balaban J connectivity index is 2.26. The van der Waals surface area contributed by atoms with Gasteiger partial charge in [-0.3, -0.25) is 0 Å². The van der Waals surface area contributed by atoms with Crippen molar-refractivity contribution in [3.05, 3.63) is 0 Å². The molecule has 5 heteroatoms. The summed E-state index contributed by atoms with van der Waals surface area (Å²) in [7, 11) is 0. The summed E-state index contributed by atoms with van der Waals surface area (Å²) in [5.41, 5.74) is -0.448. The van der Waals surface area contributed by atoms with Crippen LogP contribution in [0.1, 0.15) is 47.0 Å². The summed E-state index contributed by atoms with van der Waals surface area (Å²) in [6, 6.07) is 0.612. The molecule has 1 rings (SSSR count). The van der Waals surface area contributed by atoms with Crippen molar-refractivity contribution < 1.29 is 14.3 Å². The average Bonchev–Trinajstić information content (AvgIpc) is 2.33. The predicted octanol–water partition coefficient (Wildman–Crippen LogP) is 2.06. The van der Waals surface area contributed by atoms with Crippen molar-refractivity contribution in [2.24, 2.45) is 0 Å². The summed E-state index contributed by atoms with van der Waals surface area (Å²) in [5, 5.41) is 6.40. The van der Waals surface area contributed by atoms with E-state index in [4.69, 9.17) is 9.47 Å². The number of amides is 1. The number of hydrogen-bond donors (Lipinski definition) is 2. The molecule has 112 valence electrons. The van der Waals surface area contributed by atoms with Gasteiger partial charge in [-0.2, -0.15) is 0 Å². The minimum Gasteiger partial charge on any atom is -0.444 e. The van der Waals surface area contributed by atoms with Gasteiger partial charge in [0.1, 0.15) is 5.60 Å². The lowest BCUT2D eigenvalue weighted by molar-refractivity contribution is 0.0495. The first-order valence-corrected chi connectivity index (χ1v) is 7.21. The Bertz CT molecular complexity index is 270. The molecule has 0 aliphatic carbocycles. The molecule has 2 N–H and O–H groups in total. The third-order valence-corrected chi connectivity index (χ3v) is 3.09. The van der Waals surface area contributed by atoms with Crippen LogP contribution in [0.3, 0.4) is 0 Å². The maximum absolute atomic E-state index is 11.7. The van der Waals surface area contributed by atoms with E-state index in [1.54, 1.807) is 0 Å². The molecule has 1 atom stereocenters. The summed E-state index contributed by atoms with van der Waals surface area (Å²) < 4.78 is 10.6. The van der Waals surface area contributed by atoms with E-state index in [1.807, 2.05) is 20.8 Å². The number of carbonyl (C=O) groups is 1. The third kappa shape index (κ3) is 7.38. The molecular formula is C14H28N2O3. The molecule has 0 radical (unpaired) electrons. The second-order valence-corrected chi connectivity index (χ2v) is 6.05. The van der Waals surface area contributed by atoms with Crippen LogP contribution in [0, 0.1) is 0 Å². The monoisotopic (exact) mass is 272 g/mol. The van der Waals surface area contributed by atoms with Gasteiger partial charge in [0.2, 0.25) is 0 Å². The van der Waals surface area contributed by atoms with Crippen molar-refractivity contribution in [3.8, 4) is 0 Å². The molecule has 0 aromatic heterocycles. The average molecular weight is 272 g/mol. The number of rotatable bonds is 5. The lowest BCUT2D eigenvalue weighted by atomic mass is 10.1. The van der Waals surface area contributed by atoms with E-state index < -0.39 is 5.60 Å². The second-order valence-electron chi connectivity index (χ2n) is 6.05. The summed E-state index contributed by atoms with van der Waals surface area (Å²) in [5.74, 6) is 0. The molecule has 1 unspecified atom stereocenters. The lowest BCUT2D eigenvalue weighted by Gasteiger charge is -2.27. The number of alkyl carbamates (subject to hydrolysis) is 1. The fraction of sp³-hybridized carbons (Fsp3) is 0.929. The molecule has 5 nitrogen and oxygen atoms in total. The molecule has 1 saturated heterocycles. The van der Waals surface area contributed by atoms with Gasteiger partial charge in [0.25, 0.3) is 0 Å². The molecule has 0 bridgehead atoms. The normalized spacial score (nSPS) is 18.9. The van der Waals surface area contributed by atoms with Crippen molar-refractivity contribution in [1.29, 1.82) is 0 Å². The molecule has 1 fully saturated rings. The summed E-state index contributed by atoms with van der Waals surface area (Å²) in [6.45, 7) is 10.1. The zero-order chi connectivity index (χ0) is 14.3. The first kappa shape index (κ1) is 16.2. The Hall–Kier alpha value is -0.810. The Kier molecular flexibility index (Phi) is 6.58. The first-order valence-electron chi connectivity index (χ1n) is 7.21. The zero-order valence-corrected chi connectivity index (χ0v) is 12.6. The molecule has 1 heterocycles. The second kappa shape index (κ2) is 7.70. The van der Waals surface area contributed by atoms with Crippen molar-refractivity contribution in [3.63, 3.8) is 0 Å². The lowest BCUT2D eigenvalue weighted by Crippen LogP contribution is -2.47. The van der Waals surface area contributed by atoms with E-state index in [0.29, 0.717) is 6.04 Å². The maximum atomic E-state index is 11.7. The SMILES string of the molecule is CCC(CNC1CCOCC1)NC(=O)OC(C)(C)C. The Morgan fingerprint density at radius 3 is 2.53 bits per heavy atom. The maximum Gasteiger partial charge on any atom is 0.407 e. The Morgan fingerprint density at radius 1 is 1.37 bits per heavy atom. The molecule has 0 aromatic carbocycles. The van der Waals surface area contributed by atoms with Gasteiger partial charge in [0.05, 0.1) is 0 Å². The minimum atomic E-state index is -0.448. The van der Waals surface area contributed by atoms with E-state index in [9.17, 15) is 4.79 Å². The summed E-state index contributed by atoms with van der Waals surface area (Å²) in [4.78, 5) is 11.7. The largest absolute Gasteiger partial charge is 0.444 e. The highest BCUT2D eigenvalue weighted by Crippen LogP contribution is 2.08. The molecule has 1 amide bonds. The van der Waals surface area contributed by atoms with Crippen molar-refractivity contribution in [2.75, 3.05) is 19.8 Å². The van der Waals surface area contributed by atoms with E-state index in [0.717, 1.165) is 39.0 Å². The zero-order valence-electron chi connectivity index (χ0n) is 12.6. The van der Waals surface area contributed by atoms with Gasteiger partial charge < -0.3 is 20.1 Å². The van der Waals surface area contributed by atoms with E-state index in [-0.39, 0.29) is 12.1 Å². The highest BCUT2D eigenvalue weighted by molar-refractivity contribution is 5.68. The van der Waals surface area contributed by atoms with Crippen LogP contribution in [0.5, 0.6) is 0 Å². The third-order valence-electron chi connectivity index (χ3n) is 3.09. The smallest absolute Gasteiger partial charge is 0.407 e. The number of nitrogens with one attached hydrogen (secondary N) is 2. The van der Waals surface area contributed by atoms with Gasteiger partial charge in [-0.25, -0.2) is 4.79 Å². The van der Waals surface area contributed by atoms with Crippen LogP contribution in [0.4, 0.5) is 4.79 Å². The Labute approximate surface area is 116 Å². The van der Waals surface area contributed by atoms with Crippen molar-refractivity contribution >= 4 is 6.09 Å². The summed E-state index contributed by atoms with van der Waals surface area (Å²) in [6.07, 6.45) is 2.63. The molecule has 0 spiro atoms. The van der Waals surface area contributed by atoms with Gasteiger partial charge in [0, 0.05) is 31.8 Å². The summed E-state index contributed by atoms with van der Waals surface area (Å²) >= 11 is 0. The molecule has 1 aliphatic heterocycles. The molecule has 19 heavy (non-hydrogen) atoms. The van der Waals surface area contributed by atoms with Crippen LogP contribution < -0.4 is 10.6 Å². The van der Waals surface area contributed by atoms with Gasteiger partial charge in [-0.15, -0.1) is 0 Å². The van der Waals surface area contributed by atoms with Crippen LogP contribution in [-0.4, -0.2) is 43.5 Å². The topological polar surface area (TPSA) is 59.6 Å². The van der Waals surface area contributed by atoms with E-state index >= 15 is 0 Å². The minimum absolute atomic E-state index is 0.109. The molecule has 0 aromatic rings. The van der Waals surface area contributed by atoms with Gasteiger partial charge in [-0.05, 0) is 40.0 Å². The standard InChI is InChI=1S/C14H28N2O3/c1-5-11(16-13(17)19-14(2,3)4)10-15-12-6-8-18-9-7-12/h11-12,15H,5-10H2,1-4H3,(H,16,17). The van der Waals surface area contributed by atoms with Crippen LogP contribution >= 0.6 is 0 Å². The number of ether oxygens (including phenoxy) is 2. The van der Waals surface area contributed by atoms with Crippen LogP contribution in [0.15, 0.2) is 0 Å². The Morgan fingerprint density at radius 2 is 2.00 bits per heavy atom. The van der Waals surface area contributed by atoms with E-state index in [1.165, 1.54) is 0 Å². The van der Waals surface area contributed by atoms with Crippen LogP contribution in [-0.2, 0) is 9.47 Å². The molecule has 1 aliphatic rings. The quantitative estimate of drug-likeness (QED) is 0.804. The van der Waals surface area contributed by atoms with Gasteiger partial charge in [-0.1, -0.05) is 6.92 Å². The fourth-order valence-electron chi connectivity index (χ4n) is 1.98. The van der Waals surface area contributed by atoms with Gasteiger partial charge >= 0.3 is 6.09 Å². The highest BCUT2D eigenvalue weighted by atomic mass is 16.6. The predicted molar refractivity (Wildman–Crippen MR) is 75.3 cm³/mol. The molecule has 0 saturated carbocycles.